The highest BCUT2D eigenvalue weighted by Gasteiger charge is 2.38. The van der Waals surface area contributed by atoms with Gasteiger partial charge in [-0.2, -0.15) is 0 Å². The van der Waals surface area contributed by atoms with E-state index in [1.165, 1.54) is 0 Å². The molecular formula is C30H51N3O4. The third-order valence-electron chi connectivity index (χ3n) is 6.70. The number of benzene rings is 1. The summed E-state index contributed by atoms with van der Waals surface area (Å²) < 4.78 is 5.47. The number of unbranched alkanes of at least 4 members (excludes halogenated alkanes) is 1. The van der Waals surface area contributed by atoms with E-state index in [0.717, 1.165) is 42.4 Å². The van der Waals surface area contributed by atoms with Crippen LogP contribution in [0.3, 0.4) is 0 Å². The zero-order chi connectivity index (χ0) is 28.3. The molecule has 4 unspecified atom stereocenters. The van der Waals surface area contributed by atoms with Gasteiger partial charge in [-0.3, -0.25) is 9.59 Å². The summed E-state index contributed by atoms with van der Waals surface area (Å²) in [7, 11) is 0. The van der Waals surface area contributed by atoms with Crippen molar-refractivity contribution in [2.24, 2.45) is 5.92 Å². The Morgan fingerprint density at radius 2 is 1.62 bits per heavy atom. The van der Waals surface area contributed by atoms with Crippen LogP contribution in [0.1, 0.15) is 110 Å². The van der Waals surface area contributed by atoms with Gasteiger partial charge in [-0.1, -0.05) is 65.2 Å². The lowest BCUT2D eigenvalue weighted by Crippen LogP contribution is -2.55. The summed E-state index contributed by atoms with van der Waals surface area (Å²) >= 11 is 0. The molecule has 0 bridgehead atoms. The molecule has 0 aliphatic rings. The number of hydrogen-bond donors (Lipinski definition) is 2. The average molecular weight is 518 g/mol. The van der Waals surface area contributed by atoms with Crippen molar-refractivity contribution in [2.75, 3.05) is 6.54 Å². The third kappa shape index (κ3) is 10.4. The molecule has 37 heavy (non-hydrogen) atoms. The van der Waals surface area contributed by atoms with E-state index in [-0.39, 0.29) is 23.8 Å². The maximum absolute atomic E-state index is 14.2. The summed E-state index contributed by atoms with van der Waals surface area (Å²) in [5.74, 6) is -0.615. The standard InChI is InChI=1S/C30H51N3O4/c1-11-14-18-33(28(35)25(20(4)13-3)32-29(36)37-30(8,9)10)26(27(34)31-23(7)15-12-2)24-17-16-21(5)22(6)19-24/h16-17,19-20,23,25-26H,11-15,18H2,1-10H3,(H,31,34)(H,32,36). The van der Waals surface area contributed by atoms with E-state index >= 15 is 0 Å². The van der Waals surface area contributed by atoms with Crippen molar-refractivity contribution in [3.8, 4) is 0 Å². The van der Waals surface area contributed by atoms with E-state index in [4.69, 9.17) is 4.74 Å². The lowest BCUT2D eigenvalue weighted by atomic mass is 9.94. The Balaban J connectivity index is 3.55. The largest absolute Gasteiger partial charge is 0.444 e. The quantitative estimate of drug-likeness (QED) is 0.325. The van der Waals surface area contributed by atoms with Crippen molar-refractivity contribution in [1.29, 1.82) is 0 Å². The van der Waals surface area contributed by atoms with Gasteiger partial charge >= 0.3 is 6.09 Å². The Labute approximate surface area is 225 Å². The lowest BCUT2D eigenvalue weighted by Gasteiger charge is -2.36. The van der Waals surface area contributed by atoms with E-state index in [1.54, 1.807) is 25.7 Å². The van der Waals surface area contributed by atoms with Gasteiger partial charge in [-0.05, 0) is 77.0 Å². The van der Waals surface area contributed by atoms with Gasteiger partial charge in [0.1, 0.15) is 17.7 Å². The molecule has 3 amide bonds. The van der Waals surface area contributed by atoms with Gasteiger partial charge in [0, 0.05) is 12.6 Å². The van der Waals surface area contributed by atoms with Crippen molar-refractivity contribution in [1.82, 2.24) is 15.5 Å². The van der Waals surface area contributed by atoms with Crippen LogP contribution in [0.5, 0.6) is 0 Å². The maximum Gasteiger partial charge on any atom is 0.408 e. The predicted octanol–water partition coefficient (Wildman–Crippen LogP) is 6.22. The van der Waals surface area contributed by atoms with E-state index in [9.17, 15) is 14.4 Å². The summed E-state index contributed by atoms with van der Waals surface area (Å²) in [4.78, 5) is 42.4. The Morgan fingerprint density at radius 3 is 2.14 bits per heavy atom. The number of aryl methyl sites for hydroxylation is 2. The van der Waals surface area contributed by atoms with E-state index in [1.807, 2.05) is 52.8 Å². The fourth-order valence-corrected chi connectivity index (χ4v) is 4.23. The number of carbonyl (C=O) groups excluding carboxylic acids is 3. The summed E-state index contributed by atoms with van der Waals surface area (Å²) in [6.07, 6.45) is 3.45. The number of carbonyl (C=O) groups is 3. The fourth-order valence-electron chi connectivity index (χ4n) is 4.23. The molecule has 0 aliphatic carbocycles. The molecule has 0 saturated carbocycles. The molecule has 0 spiro atoms. The highest BCUT2D eigenvalue weighted by atomic mass is 16.6. The van der Waals surface area contributed by atoms with Crippen molar-refractivity contribution < 1.29 is 19.1 Å². The molecule has 0 fully saturated rings. The normalized spacial score (nSPS) is 14.8. The van der Waals surface area contributed by atoms with Gasteiger partial charge in [0.15, 0.2) is 0 Å². The number of hydrogen-bond acceptors (Lipinski definition) is 4. The van der Waals surface area contributed by atoms with Crippen molar-refractivity contribution in [3.05, 3.63) is 34.9 Å². The predicted molar refractivity (Wildman–Crippen MR) is 150 cm³/mol. The first kappa shape index (κ1) is 32.5. The fraction of sp³-hybridized carbons (Fsp3) is 0.700. The summed E-state index contributed by atoms with van der Waals surface area (Å²) in [6.45, 7) is 19.9. The second-order valence-corrected chi connectivity index (χ2v) is 11.3. The minimum absolute atomic E-state index is 0.0140. The van der Waals surface area contributed by atoms with Gasteiger partial charge in [0.25, 0.3) is 0 Å². The number of ether oxygens (including phenoxy) is 1. The lowest BCUT2D eigenvalue weighted by molar-refractivity contribution is -0.143. The number of alkyl carbamates (subject to hydrolysis) is 1. The molecule has 7 nitrogen and oxygen atoms in total. The van der Waals surface area contributed by atoms with Crippen LogP contribution in [-0.2, 0) is 14.3 Å². The first-order valence-electron chi connectivity index (χ1n) is 13.9. The zero-order valence-corrected chi connectivity index (χ0v) is 24.9. The van der Waals surface area contributed by atoms with Crippen LogP contribution in [0.2, 0.25) is 0 Å². The highest BCUT2D eigenvalue weighted by molar-refractivity contribution is 5.92. The highest BCUT2D eigenvalue weighted by Crippen LogP contribution is 2.27. The van der Waals surface area contributed by atoms with Gasteiger partial charge in [0.05, 0.1) is 0 Å². The Morgan fingerprint density at radius 1 is 0.973 bits per heavy atom. The topological polar surface area (TPSA) is 87.7 Å². The van der Waals surface area contributed by atoms with Gasteiger partial charge in [0.2, 0.25) is 11.8 Å². The number of rotatable bonds is 13. The molecule has 0 saturated heterocycles. The van der Waals surface area contributed by atoms with Crippen molar-refractivity contribution in [2.45, 2.75) is 125 Å². The molecule has 0 aliphatic heterocycles. The van der Waals surface area contributed by atoms with Crippen LogP contribution in [-0.4, -0.2) is 47.0 Å². The van der Waals surface area contributed by atoms with E-state index in [2.05, 4.69) is 24.5 Å². The molecule has 210 valence electrons. The van der Waals surface area contributed by atoms with Gasteiger partial charge in [-0.15, -0.1) is 0 Å². The second kappa shape index (κ2) is 15.0. The maximum atomic E-state index is 14.2. The molecule has 4 atom stereocenters. The molecule has 0 aromatic heterocycles. The molecule has 1 aromatic carbocycles. The third-order valence-corrected chi connectivity index (χ3v) is 6.70. The minimum Gasteiger partial charge on any atom is -0.444 e. The van der Waals surface area contributed by atoms with E-state index in [0.29, 0.717) is 13.0 Å². The molecule has 1 rings (SSSR count). The van der Waals surface area contributed by atoms with Crippen LogP contribution >= 0.6 is 0 Å². The summed E-state index contributed by atoms with van der Waals surface area (Å²) in [5.41, 5.74) is 2.27. The van der Waals surface area contributed by atoms with Crippen molar-refractivity contribution >= 4 is 17.9 Å². The summed E-state index contributed by atoms with van der Waals surface area (Å²) in [5, 5.41) is 5.96. The summed E-state index contributed by atoms with van der Waals surface area (Å²) in [6, 6.07) is 4.29. The molecule has 1 aromatic rings. The SMILES string of the molecule is CCCCN(C(=O)C(NC(=O)OC(C)(C)C)C(C)CC)C(C(=O)NC(C)CCC)c1ccc(C)c(C)c1. The first-order valence-corrected chi connectivity index (χ1v) is 13.9. The molecular weight excluding hydrogens is 466 g/mol. The second-order valence-electron chi connectivity index (χ2n) is 11.3. The van der Waals surface area contributed by atoms with Crippen LogP contribution in [0.15, 0.2) is 18.2 Å². The Hall–Kier alpha value is -2.57. The van der Waals surface area contributed by atoms with E-state index < -0.39 is 23.8 Å². The van der Waals surface area contributed by atoms with Gasteiger partial charge in [-0.25, -0.2) is 4.79 Å². The molecule has 0 radical (unpaired) electrons. The zero-order valence-electron chi connectivity index (χ0n) is 24.9. The molecule has 2 N–H and O–H groups in total. The Kier molecular flexibility index (Phi) is 13.2. The first-order chi connectivity index (χ1) is 17.2. The molecule has 7 heteroatoms. The van der Waals surface area contributed by atoms with Crippen LogP contribution in [0.25, 0.3) is 0 Å². The number of amides is 3. The van der Waals surface area contributed by atoms with Crippen LogP contribution in [0, 0.1) is 19.8 Å². The number of nitrogens with zero attached hydrogens (tertiary/aromatic N) is 1. The van der Waals surface area contributed by atoms with Crippen LogP contribution < -0.4 is 10.6 Å². The van der Waals surface area contributed by atoms with Gasteiger partial charge < -0.3 is 20.3 Å². The van der Waals surface area contributed by atoms with Crippen molar-refractivity contribution in [3.63, 3.8) is 0 Å². The van der Waals surface area contributed by atoms with Crippen LogP contribution in [0.4, 0.5) is 4.79 Å². The number of nitrogens with one attached hydrogen (secondary N) is 2. The average Bonchev–Trinajstić information content (AvgIpc) is 2.80. The smallest absolute Gasteiger partial charge is 0.408 e. The minimum atomic E-state index is -0.813. The molecule has 0 heterocycles. The monoisotopic (exact) mass is 517 g/mol. The Bertz CT molecular complexity index is 893.